The molecule has 3 rings (SSSR count). The van der Waals surface area contributed by atoms with Gasteiger partial charge in [0.25, 0.3) is 0 Å². The average molecular weight is 340 g/mol. The van der Waals surface area contributed by atoms with Crippen molar-refractivity contribution in [3.05, 3.63) is 65.5 Å². The molecule has 5 heteroatoms. The highest BCUT2D eigenvalue weighted by molar-refractivity contribution is 6.00. The molecule has 1 aliphatic heterocycles. The van der Waals surface area contributed by atoms with Gasteiger partial charge in [-0.3, -0.25) is 9.59 Å². The van der Waals surface area contributed by atoms with E-state index >= 15 is 0 Å². The van der Waals surface area contributed by atoms with Crippen molar-refractivity contribution in [3.63, 3.8) is 0 Å². The number of hydrogen-bond acceptors (Lipinski definition) is 2. The molecule has 130 valence electrons. The second-order valence-corrected chi connectivity index (χ2v) is 6.41. The Morgan fingerprint density at radius 3 is 2.52 bits per heavy atom. The Bertz CT molecular complexity index is 756. The van der Waals surface area contributed by atoms with Gasteiger partial charge in [0.2, 0.25) is 11.8 Å². The van der Waals surface area contributed by atoms with Crippen molar-refractivity contribution >= 4 is 17.5 Å². The van der Waals surface area contributed by atoms with Gasteiger partial charge in [-0.1, -0.05) is 29.8 Å². The van der Waals surface area contributed by atoms with Gasteiger partial charge in [0, 0.05) is 25.2 Å². The normalized spacial score (nSPS) is 17.0. The molecule has 1 unspecified atom stereocenters. The number of carbonyl (C=O) groups excluding carboxylic acids is 2. The van der Waals surface area contributed by atoms with Crippen molar-refractivity contribution in [1.82, 2.24) is 5.32 Å². The quantitative estimate of drug-likeness (QED) is 0.910. The van der Waals surface area contributed by atoms with E-state index in [-0.39, 0.29) is 30.0 Å². The molecule has 2 amide bonds. The van der Waals surface area contributed by atoms with E-state index in [2.05, 4.69) is 5.32 Å². The Kier molecular flexibility index (Phi) is 5.12. The van der Waals surface area contributed by atoms with Crippen molar-refractivity contribution in [2.45, 2.75) is 19.8 Å². The zero-order valence-corrected chi connectivity index (χ0v) is 14.2. The number of benzene rings is 2. The van der Waals surface area contributed by atoms with E-state index in [9.17, 15) is 14.0 Å². The summed E-state index contributed by atoms with van der Waals surface area (Å²) >= 11 is 0. The fraction of sp³-hybridized carbons (Fsp3) is 0.300. The number of aryl methyl sites for hydroxylation is 1. The Morgan fingerprint density at radius 1 is 1.16 bits per heavy atom. The van der Waals surface area contributed by atoms with Crippen molar-refractivity contribution < 1.29 is 14.0 Å². The Hall–Kier alpha value is -2.69. The first-order valence-corrected chi connectivity index (χ1v) is 8.42. The summed E-state index contributed by atoms with van der Waals surface area (Å²) in [6, 6.07) is 14.0. The van der Waals surface area contributed by atoms with Gasteiger partial charge < -0.3 is 10.2 Å². The number of nitrogens with zero attached hydrogens (tertiary/aromatic N) is 1. The summed E-state index contributed by atoms with van der Waals surface area (Å²) in [5, 5.41) is 2.88. The SMILES string of the molecule is Cc1ccc(N2CC(C(=O)NCCc3ccc(F)cc3)CC2=O)cc1. The standard InChI is InChI=1S/C20H21FN2O2/c1-14-2-8-18(9-3-14)23-13-16(12-19(23)24)20(25)22-11-10-15-4-6-17(21)7-5-15/h2-9,16H,10-13H2,1H3,(H,22,25). The van der Waals surface area contributed by atoms with Crippen LogP contribution >= 0.6 is 0 Å². The molecule has 1 aliphatic rings. The Labute approximate surface area is 146 Å². The fourth-order valence-electron chi connectivity index (χ4n) is 2.98. The number of hydrogen-bond donors (Lipinski definition) is 1. The molecular weight excluding hydrogens is 319 g/mol. The van der Waals surface area contributed by atoms with E-state index in [1.807, 2.05) is 31.2 Å². The number of rotatable bonds is 5. The molecule has 1 heterocycles. The second kappa shape index (κ2) is 7.47. The van der Waals surface area contributed by atoms with E-state index in [0.29, 0.717) is 19.5 Å². The summed E-state index contributed by atoms with van der Waals surface area (Å²) in [6.07, 6.45) is 0.866. The van der Waals surface area contributed by atoms with Gasteiger partial charge in [-0.05, 0) is 43.2 Å². The first kappa shape index (κ1) is 17.1. The zero-order valence-electron chi connectivity index (χ0n) is 14.2. The molecule has 0 saturated carbocycles. The smallest absolute Gasteiger partial charge is 0.227 e. The number of anilines is 1. The lowest BCUT2D eigenvalue weighted by molar-refractivity contribution is -0.126. The summed E-state index contributed by atoms with van der Waals surface area (Å²) < 4.78 is 12.9. The van der Waals surface area contributed by atoms with Gasteiger partial charge in [-0.15, -0.1) is 0 Å². The van der Waals surface area contributed by atoms with Gasteiger partial charge in [0.15, 0.2) is 0 Å². The van der Waals surface area contributed by atoms with Crippen LogP contribution in [0.15, 0.2) is 48.5 Å². The highest BCUT2D eigenvalue weighted by Gasteiger charge is 2.34. The van der Waals surface area contributed by atoms with E-state index in [1.165, 1.54) is 12.1 Å². The maximum Gasteiger partial charge on any atom is 0.227 e. The largest absolute Gasteiger partial charge is 0.355 e. The number of amides is 2. The predicted octanol–water partition coefficient (Wildman–Crippen LogP) is 2.85. The predicted molar refractivity (Wildman–Crippen MR) is 94.8 cm³/mol. The van der Waals surface area contributed by atoms with Crippen LogP contribution in [-0.2, 0) is 16.0 Å². The third-order valence-electron chi connectivity index (χ3n) is 4.47. The molecule has 1 N–H and O–H groups in total. The lowest BCUT2D eigenvalue weighted by atomic mass is 10.1. The summed E-state index contributed by atoms with van der Waals surface area (Å²) in [4.78, 5) is 26.2. The first-order valence-electron chi connectivity index (χ1n) is 8.42. The van der Waals surface area contributed by atoms with Gasteiger partial charge in [-0.2, -0.15) is 0 Å². The third-order valence-corrected chi connectivity index (χ3v) is 4.47. The number of carbonyl (C=O) groups is 2. The molecule has 2 aromatic carbocycles. The van der Waals surface area contributed by atoms with Crippen LogP contribution in [-0.4, -0.2) is 24.9 Å². The van der Waals surface area contributed by atoms with Crippen LogP contribution in [0.4, 0.5) is 10.1 Å². The summed E-state index contributed by atoms with van der Waals surface area (Å²) in [7, 11) is 0. The van der Waals surface area contributed by atoms with Crippen molar-refractivity contribution in [2.75, 3.05) is 18.0 Å². The maximum absolute atomic E-state index is 12.9. The van der Waals surface area contributed by atoms with Crippen LogP contribution in [0.25, 0.3) is 0 Å². The van der Waals surface area contributed by atoms with Crippen molar-refractivity contribution in [1.29, 1.82) is 0 Å². The summed E-state index contributed by atoms with van der Waals surface area (Å²) in [5.74, 6) is -0.733. The highest BCUT2D eigenvalue weighted by Crippen LogP contribution is 2.25. The van der Waals surface area contributed by atoms with Crippen LogP contribution in [0, 0.1) is 18.7 Å². The topological polar surface area (TPSA) is 49.4 Å². The summed E-state index contributed by atoms with van der Waals surface area (Å²) in [6.45, 7) is 2.87. The highest BCUT2D eigenvalue weighted by atomic mass is 19.1. The molecule has 25 heavy (non-hydrogen) atoms. The number of halogens is 1. The van der Waals surface area contributed by atoms with Crippen LogP contribution in [0.3, 0.4) is 0 Å². The molecule has 0 aromatic heterocycles. The number of nitrogens with one attached hydrogen (secondary N) is 1. The molecule has 2 aromatic rings. The third kappa shape index (κ3) is 4.24. The Morgan fingerprint density at radius 2 is 1.84 bits per heavy atom. The molecular formula is C20H21FN2O2. The minimum atomic E-state index is -0.331. The lowest BCUT2D eigenvalue weighted by Crippen LogP contribution is -2.34. The minimum Gasteiger partial charge on any atom is -0.355 e. The Balaban J connectivity index is 1.52. The van der Waals surface area contributed by atoms with Gasteiger partial charge >= 0.3 is 0 Å². The van der Waals surface area contributed by atoms with Gasteiger partial charge in [-0.25, -0.2) is 4.39 Å². The molecule has 0 bridgehead atoms. The first-order chi connectivity index (χ1) is 12.0. The van der Waals surface area contributed by atoms with E-state index in [4.69, 9.17) is 0 Å². The van der Waals surface area contributed by atoms with E-state index < -0.39 is 0 Å². The van der Waals surface area contributed by atoms with Gasteiger partial charge in [0.05, 0.1) is 5.92 Å². The molecule has 0 spiro atoms. The average Bonchev–Trinajstić information content (AvgIpc) is 2.99. The molecule has 0 radical (unpaired) electrons. The lowest BCUT2D eigenvalue weighted by Gasteiger charge is -2.17. The second-order valence-electron chi connectivity index (χ2n) is 6.41. The van der Waals surface area contributed by atoms with E-state index in [1.54, 1.807) is 17.0 Å². The maximum atomic E-state index is 12.9. The molecule has 1 fully saturated rings. The zero-order chi connectivity index (χ0) is 17.8. The molecule has 0 aliphatic carbocycles. The minimum absolute atomic E-state index is 0.0254. The molecule has 1 saturated heterocycles. The van der Waals surface area contributed by atoms with Crippen LogP contribution in [0.1, 0.15) is 17.5 Å². The van der Waals surface area contributed by atoms with Crippen LogP contribution < -0.4 is 10.2 Å². The van der Waals surface area contributed by atoms with Crippen LogP contribution in [0.5, 0.6) is 0 Å². The van der Waals surface area contributed by atoms with E-state index in [0.717, 1.165) is 16.8 Å². The monoisotopic (exact) mass is 340 g/mol. The van der Waals surface area contributed by atoms with Crippen molar-refractivity contribution in [2.24, 2.45) is 5.92 Å². The summed E-state index contributed by atoms with van der Waals surface area (Å²) in [5.41, 5.74) is 2.92. The fourth-order valence-corrected chi connectivity index (χ4v) is 2.98. The van der Waals surface area contributed by atoms with Crippen LogP contribution in [0.2, 0.25) is 0 Å². The van der Waals surface area contributed by atoms with Crippen molar-refractivity contribution in [3.8, 4) is 0 Å². The molecule has 4 nitrogen and oxygen atoms in total. The van der Waals surface area contributed by atoms with Gasteiger partial charge in [0.1, 0.15) is 5.82 Å². The molecule has 1 atom stereocenters.